The minimum Gasteiger partial charge on any atom is -0.481 e. The van der Waals surface area contributed by atoms with Crippen molar-refractivity contribution in [3.63, 3.8) is 0 Å². The van der Waals surface area contributed by atoms with E-state index in [9.17, 15) is 38.7 Å². The Balaban J connectivity index is 5.53. The number of primary amides is 2. The molecule has 0 spiro atoms. The summed E-state index contributed by atoms with van der Waals surface area (Å²) in [4.78, 5) is 82.5. The monoisotopic (exact) mass is 517 g/mol. The lowest BCUT2D eigenvalue weighted by Gasteiger charge is -2.24. The van der Waals surface area contributed by atoms with Crippen LogP contribution in [-0.2, 0) is 33.6 Å². The summed E-state index contributed by atoms with van der Waals surface area (Å²) in [6.07, 6.45) is -1.00. The van der Waals surface area contributed by atoms with Crippen molar-refractivity contribution in [2.24, 2.45) is 22.9 Å². The van der Waals surface area contributed by atoms with Crippen LogP contribution in [0, 0.1) is 0 Å². The second-order valence-electron chi connectivity index (χ2n) is 8.02. The van der Waals surface area contributed by atoms with Gasteiger partial charge in [-0.2, -0.15) is 0 Å². The van der Waals surface area contributed by atoms with E-state index in [1.807, 2.05) is 0 Å². The Bertz CT molecular complexity index is 821. The number of nitrogens with one attached hydrogen (secondary N) is 3. The average molecular weight is 518 g/mol. The number of unbranched alkanes of at least 4 members (excludes halogenated alkanes) is 1. The Morgan fingerprint density at radius 1 is 0.667 bits per heavy atom. The van der Waals surface area contributed by atoms with Crippen LogP contribution in [0.2, 0.25) is 0 Å². The molecule has 5 amide bonds. The Morgan fingerprint density at radius 3 is 1.67 bits per heavy atom. The predicted octanol–water partition coefficient (Wildman–Crippen LogP) is -4.01. The lowest BCUT2D eigenvalue weighted by atomic mass is 10.1. The Morgan fingerprint density at radius 2 is 1.17 bits per heavy atom. The Kier molecular flexibility index (Phi) is 15.0. The largest absolute Gasteiger partial charge is 0.481 e. The van der Waals surface area contributed by atoms with Gasteiger partial charge in [-0.3, -0.25) is 28.8 Å². The van der Waals surface area contributed by atoms with E-state index in [4.69, 9.17) is 28.0 Å². The molecule has 16 nitrogen and oxygen atoms in total. The van der Waals surface area contributed by atoms with Crippen molar-refractivity contribution in [3.8, 4) is 0 Å². The van der Waals surface area contributed by atoms with Crippen molar-refractivity contribution in [2.45, 2.75) is 75.5 Å². The van der Waals surface area contributed by atoms with Crippen LogP contribution in [0.1, 0.15) is 51.4 Å². The van der Waals surface area contributed by atoms with Gasteiger partial charge in [0.15, 0.2) is 0 Å². The topological polar surface area (TPSA) is 300 Å². The smallest absolute Gasteiger partial charge is 0.326 e. The third-order valence-electron chi connectivity index (χ3n) is 4.92. The van der Waals surface area contributed by atoms with Crippen molar-refractivity contribution in [1.29, 1.82) is 0 Å². The van der Waals surface area contributed by atoms with E-state index in [-0.39, 0.29) is 32.1 Å². The average Bonchev–Trinajstić information content (AvgIpc) is 2.78. The molecule has 0 rings (SSSR count). The molecule has 0 bridgehead atoms. The number of aliphatic carboxylic acids is 2. The molecule has 0 aromatic carbocycles. The zero-order chi connectivity index (χ0) is 27.8. The van der Waals surface area contributed by atoms with Crippen LogP contribution in [0.3, 0.4) is 0 Å². The van der Waals surface area contributed by atoms with Crippen molar-refractivity contribution >= 4 is 41.5 Å². The number of carboxylic acids is 2. The van der Waals surface area contributed by atoms with Gasteiger partial charge in [-0.25, -0.2) is 4.79 Å². The highest BCUT2D eigenvalue weighted by Crippen LogP contribution is 2.06. The van der Waals surface area contributed by atoms with E-state index < -0.39 is 72.1 Å². The molecule has 4 atom stereocenters. The van der Waals surface area contributed by atoms with Gasteiger partial charge in [0.05, 0.1) is 12.5 Å². The minimum absolute atomic E-state index is 0.0512. The Labute approximate surface area is 206 Å². The van der Waals surface area contributed by atoms with Gasteiger partial charge in [-0.05, 0) is 38.6 Å². The fourth-order valence-corrected chi connectivity index (χ4v) is 2.94. The van der Waals surface area contributed by atoms with Gasteiger partial charge in [-0.1, -0.05) is 0 Å². The van der Waals surface area contributed by atoms with E-state index in [1.54, 1.807) is 0 Å². The molecule has 0 aromatic rings. The predicted molar refractivity (Wildman–Crippen MR) is 123 cm³/mol. The second-order valence-corrected chi connectivity index (χ2v) is 8.02. The summed E-state index contributed by atoms with van der Waals surface area (Å²) in [5, 5.41) is 25.1. The number of nitrogens with two attached hydrogens (primary N) is 4. The number of carbonyl (C=O) groups is 7. The molecule has 16 heteroatoms. The summed E-state index contributed by atoms with van der Waals surface area (Å²) >= 11 is 0. The van der Waals surface area contributed by atoms with Crippen LogP contribution in [-0.4, -0.2) is 82.4 Å². The van der Waals surface area contributed by atoms with Gasteiger partial charge < -0.3 is 49.1 Å². The molecule has 0 radical (unpaired) electrons. The first-order valence-electron chi connectivity index (χ1n) is 11.2. The van der Waals surface area contributed by atoms with Crippen LogP contribution in [0.25, 0.3) is 0 Å². The van der Waals surface area contributed by atoms with Crippen molar-refractivity contribution in [3.05, 3.63) is 0 Å². The lowest BCUT2D eigenvalue weighted by Crippen LogP contribution is -2.57. The summed E-state index contributed by atoms with van der Waals surface area (Å²) in [5.74, 6) is -7.33. The lowest BCUT2D eigenvalue weighted by molar-refractivity contribution is -0.143. The molecule has 4 unspecified atom stereocenters. The molecule has 0 aliphatic rings. The Hall–Kier alpha value is -3.79. The van der Waals surface area contributed by atoms with Gasteiger partial charge in [-0.15, -0.1) is 0 Å². The molecule has 0 fully saturated rings. The second kappa shape index (κ2) is 16.8. The standard InChI is InChI=1S/C20H35N7O9/c21-8-2-1-3-12(20(35)36)26-18(33)11(5-7-15(24)29)25-19(34)13(9-16(30)31)27-17(32)10(22)4-6-14(23)28/h10-13H,1-9,21-22H2,(H2,23,28)(H2,24,29)(H,25,34)(H,26,33)(H,27,32)(H,30,31)(H,35,36). The van der Waals surface area contributed by atoms with Gasteiger partial charge >= 0.3 is 11.9 Å². The van der Waals surface area contributed by atoms with Crippen molar-refractivity contribution < 1.29 is 43.8 Å². The normalized spacial score (nSPS) is 13.9. The molecule has 0 saturated heterocycles. The molecule has 0 aliphatic heterocycles. The highest BCUT2D eigenvalue weighted by Gasteiger charge is 2.31. The van der Waals surface area contributed by atoms with E-state index >= 15 is 0 Å². The molecule has 0 aromatic heterocycles. The minimum atomic E-state index is -1.68. The number of carboxylic acid groups (broad SMARTS) is 2. The summed E-state index contributed by atoms with van der Waals surface area (Å²) < 4.78 is 0. The summed E-state index contributed by atoms with van der Waals surface area (Å²) in [6, 6.07) is -5.74. The quantitative estimate of drug-likeness (QED) is 0.0743. The molecular weight excluding hydrogens is 482 g/mol. The van der Waals surface area contributed by atoms with E-state index in [1.165, 1.54) is 0 Å². The van der Waals surface area contributed by atoms with Crippen LogP contribution in [0.5, 0.6) is 0 Å². The molecular formula is C20H35N7O9. The van der Waals surface area contributed by atoms with Crippen LogP contribution >= 0.6 is 0 Å². The van der Waals surface area contributed by atoms with E-state index in [0.717, 1.165) is 0 Å². The molecule has 0 saturated carbocycles. The summed E-state index contributed by atoms with van der Waals surface area (Å²) in [7, 11) is 0. The fourth-order valence-electron chi connectivity index (χ4n) is 2.94. The number of carbonyl (C=O) groups excluding carboxylic acids is 5. The van der Waals surface area contributed by atoms with Gasteiger partial charge in [0.2, 0.25) is 29.5 Å². The molecule has 204 valence electrons. The van der Waals surface area contributed by atoms with Gasteiger partial charge in [0, 0.05) is 12.8 Å². The zero-order valence-electron chi connectivity index (χ0n) is 19.7. The van der Waals surface area contributed by atoms with Gasteiger partial charge in [0.25, 0.3) is 0 Å². The van der Waals surface area contributed by atoms with Crippen LogP contribution in [0.4, 0.5) is 0 Å². The first-order valence-corrected chi connectivity index (χ1v) is 11.2. The highest BCUT2D eigenvalue weighted by molar-refractivity contribution is 5.96. The summed E-state index contributed by atoms with van der Waals surface area (Å²) in [6.45, 7) is 0.320. The van der Waals surface area contributed by atoms with Gasteiger partial charge in [0.1, 0.15) is 18.1 Å². The maximum atomic E-state index is 12.8. The molecule has 0 heterocycles. The number of amides is 5. The highest BCUT2D eigenvalue weighted by atomic mass is 16.4. The maximum Gasteiger partial charge on any atom is 0.326 e. The first kappa shape index (κ1) is 32.2. The summed E-state index contributed by atoms with van der Waals surface area (Å²) in [5.41, 5.74) is 21.1. The molecule has 13 N–H and O–H groups in total. The third-order valence-corrected chi connectivity index (χ3v) is 4.92. The number of rotatable bonds is 19. The van der Waals surface area contributed by atoms with Crippen LogP contribution < -0.4 is 38.9 Å². The van der Waals surface area contributed by atoms with Crippen LogP contribution in [0.15, 0.2) is 0 Å². The molecule has 36 heavy (non-hydrogen) atoms. The fraction of sp³-hybridized carbons (Fsp3) is 0.650. The first-order chi connectivity index (χ1) is 16.8. The number of hydrogen-bond acceptors (Lipinski definition) is 9. The third kappa shape index (κ3) is 13.8. The number of hydrogen-bond donors (Lipinski definition) is 9. The van der Waals surface area contributed by atoms with E-state index in [0.29, 0.717) is 19.4 Å². The molecule has 0 aliphatic carbocycles. The van der Waals surface area contributed by atoms with Crippen molar-refractivity contribution in [2.75, 3.05) is 6.54 Å². The van der Waals surface area contributed by atoms with E-state index in [2.05, 4.69) is 16.0 Å². The zero-order valence-corrected chi connectivity index (χ0v) is 19.7. The van der Waals surface area contributed by atoms with Crippen molar-refractivity contribution in [1.82, 2.24) is 16.0 Å². The SMILES string of the molecule is NCCCCC(NC(=O)C(CCC(N)=O)NC(=O)C(CC(=O)O)NC(=O)C(N)CCC(N)=O)C(=O)O. The maximum absolute atomic E-state index is 12.8.